The molecule has 1 amide bonds. The van der Waals surface area contributed by atoms with E-state index < -0.39 is 10.0 Å². The SMILES string of the molecule is CC1CN(S(=O)(=O)c2cccc(C(=O)N3CC(CN)CC3C)c2)CC(C)O1.Cl. The number of rotatable bonds is 4. The van der Waals surface area contributed by atoms with Crippen LogP contribution in [0.3, 0.4) is 0 Å². The van der Waals surface area contributed by atoms with Crippen molar-refractivity contribution in [3.63, 3.8) is 0 Å². The van der Waals surface area contributed by atoms with Crippen LogP contribution in [0.1, 0.15) is 37.6 Å². The molecule has 28 heavy (non-hydrogen) atoms. The molecule has 2 N–H and O–H groups in total. The van der Waals surface area contributed by atoms with Crippen molar-refractivity contribution in [3.8, 4) is 0 Å². The highest BCUT2D eigenvalue weighted by Gasteiger charge is 2.34. The lowest BCUT2D eigenvalue weighted by Crippen LogP contribution is -2.48. The number of nitrogens with zero attached hydrogens (tertiary/aromatic N) is 2. The number of carbonyl (C=O) groups is 1. The Labute approximate surface area is 173 Å². The van der Waals surface area contributed by atoms with Crippen LogP contribution in [-0.2, 0) is 14.8 Å². The molecule has 0 radical (unpaired) electrons. The molecule has 7 nitrogen and oxygen atoms in total. The van der Waals surface area contributed by atoms with Gasteiger partial charge in [0, 0.05) is 31.2 Å². The van der Waals surface area contributed by atoms with Crippen LogP contribution in [0.4, 0.5) is 0 Å². The minimum absolute atomic E-state index is 0. The Bertz CT molecular complexity index is 794. The molecule has 9 heteroatoms. The molecule has 3 rings (SSSR count). The van der Waals surface area contributed by atoms with Crippen LogP contribution in [-0.4, -0.2) is 68.0 Å². The summed E-state index contributed by atoms with van der Waals surface area (Å²) >= 11 is 0. The van der Waals surface area contributed by atoms with Crippen molar-refractivity contribution in [1.82, 2.24) is 9.21 Å². The first kappa shape index (κ1) is 23.1. The number of sulfonamides is 1. The normalized spacial score (nSPS) is 28.8. The zero-order chi connectivity index (χ0) is 19.8. The van der Waals surface area contributed by atoms with E-state index in [4.69, 9.17) is 10.5 Å². The smallest absolute Gasteiger partial charge is 0.254 e. The number of benzene rings is 1. The number of likely N-dealkylation sites (tertiary alicyclic amines) is 1. The van der Waals surface area contributed by atoms with E-state index in [1.807, 2.05) is 20.8 Å². The molecule has 2 aliphatic rings. The van der Waals surface area contributed by atoms with E-state index in [0.29, 0.717) is 37.7 Å². The van der Waals surface area contributed by atoms with Gasteiger partial charge in [-0.1, -0.05) is 6.07 Å². The predicted octanol–water partition coefficient (Wildman–Crippen LogP) is 1.72. The third-order valence-electron chi connectivity index (χ3n) is 5.36. The fourth-order valence-corrected chi connectivity index (χ4v) is 5.66. The van der Waals surface area contributed by atoms with E-state index in [0.717, 1.165) is 6.42 Å². The summed E-state index contributed by atoms with van der Waals surface area (Å²) in [7, 11) is -3.67. The van der Waals surface area contributed by atoms with E-state index in [1.165, 1.54) is 10.4 Å². The molecule has 0 bridgehead atoms. The lowest BCUT2D eigenvalue weighted by atomic mass is 10.1. The quantitative estimate of drug-likeness (QED) is 0.783. The number of ether oxygens (including phenoxy) is 1. The number of hydrogen-bond donors (Lipinski definition) is 1. The average molecular weight is 432 g/mol. The summed E-state index contributed by atoms with van der Waals surface area (Å²) in [5.41, 5.74) is 6.15. The number of nitrogens with two attached hydrogens (primary N) is 1. The van der Waals surface area contributed by atoms with Gasteiger partial charge in [-0.15, -0.1) is 12.4 Å². The molecule has 2 fully saturated rings. The predicted molar refractivity (Wildman–Crippen MR) is 110 cm³/mol. The number of halogens is 1. The van der Waals surface area contributed by atoms with Gasteiger partial charge in [0.15, 0.2) is 0 Å². The van der Waals surface area contributed by atoms with Gasteiger partial charge in [0.1, 0.15) is 0 Å². The number of hydrogen-bond acceptors (Lipinski definition) is 5. The number of carbonyl (C=O) groups excluding carboxylic acids is 1. The first-order valence-electron chi connectivity index (χ1n) is 9.49. The fourth-order valence-electron chi connectivity index (χ4n) is 4.03. The molecule has 2 aliphatic heterocycles. The van der Waals surface area contributed by atoms with Gasteiger partial charge in [0.25, 0.3) is 5.91 Å². The molecule has 1 aromatic rings. The van der Waals surface area contributed by atoms with Crippen LogP contribution in [0.15, 0.2) is 29.2 Å². The second-order valence-electron chi connectivity index (χ2n) is 7.75. The Morgan fingerprint density at radius 3 is 2.39 bits per heavy atom. The molecule has 1 aromatic carbocycles. The highest BCUT2D eigenvalue weighted by molar-refractivity contribution is 7.89. The summed E-state index contributed by atoms with van der Waals surface area (Å²) in [6.07, 6.45) is 0.558. The van der Waals surface area contributed by atoms with Crippen LogP contribution in [0.5, 0.6) is 0 Å². The maximum Gasteiger partial charge on any atom is 0.254 e. The molecule has 0 saturated carbocycles. The second kappa shape index (κ2) is 9.09. The van der Waals surface area contributed by atoms with Crippen LogP contribution < -0.4 is 5.73 Å². The Morgan fingerprint density at radius 2 is 1.82 bits per heavy atom. The van der Waals surface area contributed by atoms with Gasteiger partial charge in [-0.05, 0) is 57.9 Å². The van der Waals surface area contributed by atoms with Crippen molar-refractivity contribution >= 4 is 28.3 Å². The number of morpholine rings is 1. The van der Waals surface area contributed by atoms with Crippen LogP contribution in [0.2, 0.25) is 0 Å². The molecule has 4 unspecified atom stereocenters. The highest BCUT2D eigenvalue weighted by Crippen LogP contribution is 2.26. The Hall–Kier alpha value is -1.19. The van der Waals surface area contributed by atoms with Crippen molar-refractivity contribution in [2.75, 3.05) is 26.2 Å². The van der Waals surface area contributed by atoms with Gasteiger partial charge in [-0.25, -0.2) is 8.42 Å². The van der Waals surface area contributed by atoms with E-state index >= 15 is 0 Å². The third-order valence-corrected chi connectivity index (χ3v) is 7.19. The minimum Gasteiger partial charge on any atom is -0.373 e. The van der Waals surface area contributed by atoms with Crippen LogP contribution >= 0.6 is 12.4 Å². The molecule has 0 aromatic heterocycles. The Morgan fingerprint density at radius 1 is 1.18 bits per heavy atom. The lowest BCUT2D eigenvalue weighted by Gasteiger charge is -2.34. The Balaban J connectivity index is 0.00000280. The van der Waals surface area contributed by atoms with Crippen molar-refractivity contribution in [1.29, 1.82) is 0 Å². The monoisotopic (exact) mass is 431 g/mol. The van der Waals surface area contributed by atoms with Gasteiger partial charge in [-0.3, -0.25) is 4.79 Å². The lowest BCUT2D eigenvalue weighted by molar-refractivity contribution is -0.0440. The molecule has 0 spiro atoms. The van der Waals surface area contributed by atoms with Gasteiger partial charge in [-0.2, -0.15) is 4.31 Å². The first-order chi connectivity index (χ1) is 12.7. The van der Waals surface area contributed by atoms with E-state index in [1.54, 1.807) is 23.1 Å². The molecule has 4 atom stereocenters. The fraction of sp³-hybridized carbons (Fsp3) is 0.632. The molecule has 2 heterocycles. The van der Waals surface area contributed by atoms with Gasteiger partial charge < -0.3 is 15.4 Å². The summed E-state index contributed by atoms with van der Waals surface area (Å²) in [6.45, 7) is 7.52. The van der Waals surface area contributed by atoms with E-state index in [9.17, 15) is 13.2 Å². The van der Waals surface area contributed by atoms with Crippen LogP contribution in [0.25, 0.3) is 0 Å². The van der Waals surface area contributed by atoms with E-state index in [-0.39, 0.29) is 41.5 Å². The Kier molecular flexibility index (Phi) is 7.50. The van der Waals surface area contributed by atoms with Gasteiger partial charge in [0.2, 0.25) is 10.0 Å². The zero-order valence-electron chi connectivity index (χ0n) is 16.6. The molecule has 0 aliphatic carbocycles. The summed E-state index contributed by atoms with van der Waals surface area (Å²) in [4.78, 5) is 14.9. The maximum absolute atomic E-state index is 13.1. The molecule has 158 valence electrons. The standard InChI is InChI=1S/C19H29N3O4S.ClH/c1-13-7-16(9-20)12-22(13)19(23)17-5-4-6-18(8-17)27(24,25)21-10-14(2)26-15(3)11-21;/h4-6,8,13-16H,7,9-12,20H2,1-3H3;1H. The average Bonchev–Trinajstić information content (AvgIpc) is 3.01. The third kappa shape index (κ3) is 4.68. The minimum atomic E-state index is -3.67. The number of amides is 1. The van der Waals surface area contributed by atoms with Crippen molar-refractivity contribution in [2.45, 2.75) is 50.3 Å². The second-order valence-corrected chi connectivity index (χ2v) is 9.69. The summed E-state index contributed by atoms with van der Waals surface area (Å²) in [6, 6.07) is 6.45. The topological polar surface area (TPSA) is 92.9 Å². The maximum atomic E-state index is 13.1. The van der Waals surface area contributed by atoms with E-state index in [2.05, 4.69) is 0 Å². The zero-order valence-corrected chi connectivity index (χ0v) is 18.2. The van der Waals surface area contributed by atoms with Gasteiger partial charge in [0.05, 0.1) is 17.1 Å². The molecular formula is C19H30ClN3O4S. The summed E-state index contributed by atoms with van der Waals surface area (Å²) in [5.74, 6) is 0.159. The van der Waals surface area contributed by atoms with Crippen molar-refractivity contribution < 1.29 is 17.9 Å². The summed E-state index contributed by atoms with van der Waals surface area (Å²) in [5, 5.41) is 0. The van der Waals surface area contributed by atoms with Crippen LogP contribution in [0, 0.1) is 5.92 Å². The van der Waals surface area contributed by atoms with Gasteiger partial charge >= 0.3 is 0 Å². The van der Waals surface area contributed by atoms with Crippen molar-refractivity contribution in [2.24, 2.45) is 11.7 Å². The molecule has 2 saturated heterocycles. The highest BCUT2D eigenvalue weighted by atomic mass is 35.5. The first-order valence-corrected chi connectivity index (χ1v) is 10.9. The summed E-state index contributed by atoms with van der Waals surface area (Å²) < 4.78 is 33.2. The largest absolute Gasteiger partial charge is 0.373 e. The molecular weight excluding hydrogens is 402 g/mol. The van der Waals surface area contributed by atoms with Crippen molar-refractivity contribution in [3.05, 3.63) is 29.8 Å².